The van der Waals surface area contributed by atoms with Crippen molar-refractivity contribution in [1.82, 2.24) is 0 Å². The van der Waals surface area contributed by atoms with Crippen LogP contribution < -0.4 is 4.74 Å². The summed E-state index contributed by atoms with van der Waals surface area (Å²) in [5.74, 6) is -0.809. The minimum atomic E-state index is -0.555. The Bertz CT molecular complexity index is 751. The second kappa shape index (κ2) is 6.83. The van der Waals surface area contributed by atoms with Gasteiger partial charge >= 0.3 is 11.9 Å². The molecule has 2 aromatic carbocycles. The molecule has 0 radical (unpaired) electrons. The van der Waals surface area contributed by atoms with Crippen LogP contribution >= 0.6 is 0 Å². The van der Waals surface area contributed by atoms with E-state index in [-0.39, 0.29) is 16.9 Å². The van der Waals surface area contributed by atoms with Crippen LogP contribution in [0.1, 0.15) is 20.7 Å². The molecule has 0 heterocycles. The Morgan fingerprint density at radius 1 is 0.870 bits per heavy atom. The number of aromatic hydroxyl groups is 1. The Morgan fingerprint density at radius 3 is 2.17 bits per heavy atom. The lowest BCUT2D eigenvalue weighted by Crippen LogP contribution is -2.04. The Morgan fingerprint density at radius 2 is 1.57 bits per heavy atom. The van der Waals surface area contributed by atoms with E-state index in [0.717, 1.165) is 0 Å². The summed E-state index contributed by atoms with van der Waals surface area (Å²) >= 11 is 0. The van der Waals surface area contributed by atoms with Gasteiger partial charge in [0.1, 0.15) is 17.1 Å². The summed E-state index contributed by atoms with van der Waals surface area (Å²) in [6.07, 6.45) is 0. The van der Waals surface area contributed by atoms with E-state index in [0.29, 0.717) is 16.9 Å². The van der Waals surface area contributed by atoms with E-state index in [1.165, 1.54) is 33.5 Å². The van der Waals surface area contributed by atoms with Crippen LogP contribution in [-0.4, -0.2) is 38.4 Å². The van der Waals surface area contributed by atoms with Crippen LogP contribution in [0.2, 0.25) is 0 Å². The number of ether oxygens (including phenoxy) is 3. The molecule has 0 aliphatic carbocycles. The van der Waals surface area contributed by atoms with Gasteiger partial charge < -0.3 is 19.3 Å². The van der Waals surface area contributed by atoms with Gasteiger partial charge in [-0.05, 0) is 41.5 Å². The number of hydrogen-bond donors (Lipinski definition) is 1. The van der Waals surface area contributed by atoms with Crippen LogP contribution in [0.15, 0.2) is 36.4 Å². The van der Waals surface area contributed by atoms with Crippen molar-refractivity contribution in [3.05, 3.63) is 47.5 Å². The third-order valence-electron chi connectivity index (χ3n) is 3.28. The maximum absolute atomic E-state index is 11.7. The van der Waals surface area contributed by atoms with E-state index >= 15 is 0 Å². The molecule has 2 rings (SSSR count). The molecule has 23 heavy (non-hydrogen) atoms. The standard InChI is InChI=1S/C17H16O6/c1-21-15-9-10(4-5-14(15)17(20)23-3)11-6-12(16(19)22-2)8-13(18)7-11/h4-9,18H,1-3H3. The number of esters is 2. The molecular formula is C17H16O6. The number of hydrogen-bond acceptors (Lipinski definition) is 6. The maximum Gasteiger partial charge on any atom is 0.341 e. The van der Waals surface area contributed by atoms with Crippen LogP contribution in [0, 0.1) is 0 Å². The first kappa shape index (κ1) is 16.4. The highest BCUT2D eigenvalue weighted by molar-refractivity contribution is 5.94. The van der Waals surface area contributed by atoms with Gasteiger partial charge in [0.15, 0.2) is 0 Å². The van der Waals surface area contributed by atoms with Crippen molar-refractivity contribution >= 4 is 11.9 Å². The summed E-state index contributed by atoms with van der Waals surface area (Å²) in [5.41, 5.74) is 1.75. The summed E-state index contributed by atoms with van der Waals surface area (Å²) in [5, 5.41) is 9.79. The van der Waals surface area contributed by atoms with E-state index in [9.17, 15) is 14.7 Å². The van der Waals surface area contributed by atoms with Gasteiger partial charge in [0, 0.05) is 0 Å². The molecule has 0 aromatic heterocycles. The molecule has 0 atom stereocenters. The first-order valence-corrected chi connectivity index (χ1v) is 6.69. The van der Waals surface area contributed by atoms with Gasteiger partial charge in [-0.2, -0.15) is 0 Å². The van der Waals surface area contributed by atoms with E-state index < -0.39 is 11.9 Å². The number of carbonyl (C=O) groups is 2. The van der Waals surface area contributed by atoms with E-state index in [1.54, 1.807) is 24.3 Å². The largest absolute Gasteiger partial charge is 0.508 e. The lowest BCUT2D eigenvalue weighted by molar-refractivity contribution is 0.0589. The highest BCUT2D eigenvalue weighted by Gasteiger charge is 2.15. The zero-order chi connectivity index (χ0) is 17.0. The Labute approximate surface area is 133 Å². The molecule has 0 aliphatic rings. The maximum atomic E-state index is 11.7. The van der Waals surface area contributed by atoms with Gasteiger partial charge in [-0.25, -0.2) is 9.59 Å². The van der Waals surface area contributed by atoms with E-state index in [4.69, 9.17) is 4.74 Å². The normalized spacial score (nSPS) is 10.0. The molecular weight excluding hydrogens is 300 g/mol. The Balaban J connectivity index is 2.52. The Kier molecular flexibility index (Phi) is 4.85. The van der Waals surface area contributed by atoms with Crippen molar-refractivity contribution in [1.29, 1.82) is 0 Å². The molecule has 2 aromatic rings. The minimum absolute atomic E-state index is 0.0705. The topological polar surface area (TPSA) is 82.1 Å². The van der Waals surface area contributed by atoms with Crippen molar-refractivity contribution in [3.8, 4) is 22.6 Å². The third kappa shape index (κ3) is 3.42. The van der Waals surface area contributed by atoms with Crippen LogP contribution in [0.5, 0.6) is 11.5 Å². The highest BCUT2D eigenvalue weighted by atomic mass is 16.5. The fraction of sp³-hybridized carbons (Fsp3) is 0.176. The van der Waals surface area contributed by atoms with Gasteiger partial charge in [-0.3, -0.25) is 0 Å². The van der Waals surface area contributed by atoms with Gasteiger partial charge in [0.25, 0.3) is 0 Å². The summed E-state index contributed by atoms with van der Waals surface area (Å²) in [6, 6.07) is 9.25. The fourth-order valence-corrected chi connectivity index (χ4v) is 2.16. The summed E-state index contributed by atoms with van der Waals surface area (Å²) in [6.45, 7) is 0. The van der Waals surface area contributed by atoms with Crippen LogP contribution in [0.25, 0.3) is 11.1 Å². The zero-order valence-electron chi connectivity index (χ0n) is 13.0. The van der Waals surface area contributed by atoms with Gasteiger partial charge in [-0.1, -0.05) is 6.07 Å². The lowest BCUT2D eigenvalue weighted by Gasteiger charge is -2.10. The quantitative estimate of drug-likeness (QED) is 0.873. The SMILES string of the molecule is COC(=O)c1cc(O)cc(-c2ccc(C(=O)OC)c(OC)c2)c1. The van der Waals surface area contributed by atoms with Crippen molar-refractivity contribution in [2.45, 2.75) is 0 Å². The van der Waals surface area contributed by atoms with Crippen molar-refractivity contribution in [2.75, 3.05) is 21.3 Å². The van der Waals surface area contributed by atoms with Crippen molar-refractivity contribution in [3.63, 3.8) is 0 Å². The predicted octanol–water partition coefficient (Wildman–Crippen LogP) is 2.64. The number of methoxy groups -OCH3 is 3. The number of rotatable bonds is 4. The highest BCUT2D eigenvalue weighted by Crippen LogP contribution is 2.30. The molecule has 0 saturated heterocycles. The molecule has 0 saturated carbocycles. The molecule has 6 nitrogen and oxygen atoms in total. The van der Waals surface area contributed by atoms with Crippen LogP contribution in [0.4, 0.5) is 0 Å². The second-order valence-electron chi connectivity index (χ2n) is 4.67. The minimum Gasteiger partial charge on any atom is -0.508 e. The molecule has 0 fully saturated rings. The Hall–Kier alpha value is -3.02. The number of benzene rings is 2. The first-order chi connectivity index (χ1) is 11.0. The van der Waals surface area contributed by atoms with E-state index in [1.807, 2.05) is 0 Å². The van der Waals surface area contributed by atoms with Gasteiger partial charge in [-0.15, -0.1) is 0 Å². The molecule has 0 bridgehead atoms. The summed E-state index contributed by atoms with van der Waals surface area (Å²) in [7, 11) is 3.99. The number of phenols is 1. The molecule has 0 aliphatic heterocycles. The fourth-order valence-electron chi connectivity index (χ4n) is 2.16. The van der Waals surface area contributed by atoms with Crippen molar-refractivity contribution in [2.24, 2.45) is 0 Å². The average molecular weight is 316 g/mol. The third-order valence-corrected chi connectivity index (χ3v) is 3.28. The van der Waals surface area contributed by atoms with Gasteiger partial charge in [0.2, 0.25) is 0 Å². The molecule has 0 amide bonds. The van der Waals surface area contributed by atoms with Crippen molar-refractivity contribution < 1.29 is 28.9 Å². The lowest BCUT2D eigenvalue weighted by atomic mass is 10.0. The van der Waals surface area contributed by atoms with Crippen LogP contribution in [-0.2, 0) is 9.47 Å². The molecule has 6 heteroatoms. The second-order valence-corrected chi connectivity index (χ2v) is 4.67. The van der Waals surface area contributed by atoms with Crippen LogP contribution in [0.3, 0.4) is 0 Å². The van der Waals surface area contributed by atoms with E-state index in [2.05, 4.69) is 9.47 Å². The average Bonchev–Trinajstić information content (AvgIpc) is 2.59. The molecule has 120 valence electrons. The monoisotopic (exact) mass is 316 g/mol. The molecule has 1 N–H and O–H groups in total. The molecule has 0 spiro atoms. The van der Waals surface area contributed by atoms with Gasteiger partial charge in [0.05, 0.1) is 26.9 Å². The molecule has 0 unspecified atom stereocenters. The number of carbonyl (C=O) groups excluding carboxylic acids is 2. The smallest absolute Gasteiger partial charge is 0.341 e. The first-order valence-electron chi connectivity index (χ1n) is 6.69. The summed E-state index contributed by atoms with van der Waals surface area (Å²) < 4.78 is 14.5. The zero-order valence-corrected chi connectivity index (χ0v) is 13.0. The number of phenolic OH excluding ortho intramolecular Hbond substituents is 1. The predicted molar refractivity (Wildman–Crippen MR) is 82.8 cm³/mol. The summed E-state index contributed by atoms with van der Waals surface area (Å²) in [4.78, 5) is 23.3.